The molecule has 9 heteroatoms. The van der Waals surface area contributed by atoms with Gasteiger partial charge in [0.15, 0.2) is 11.2 Å². The molecule has 9 nitrogen and oxygen atoms in total. The molecule has 168 valence electrons. The zero-order valence-corrected chi connectivity index (χ0v) is 18.7. The molecule has 1 aliphatic heterocycles. The van der Waals surface area contributed by atoms with Gasteiger partial charge in [-0.1, -0.05) is 29.8 Å². The fourth-order valence-corrected chi connectivity index (χ4v) is 4.53. The van der Waals surface area contributed by atoms with Gasteiger partial charge in [0.25, 0.3) is 5.56 Å². The number of nitrogens with zero attached hydrogens (tertiary/aromatic N) is 6. The third kappa shape index (κ3) is 3.41. The topological polar surface area (TPSA) is 85.4 Å². The smallest absolute Gasteiger partial charge is 0.332 e. The molecule has 32 heavy (non-hydrogen) atoms. The first-order valence-corrected chi connectivity index (χ1v) is 11.1. The van der Waals surface area contributed by atoms with Gasteiger partial charge in [-0.15, -0.1) is 0 Å². The molecule has 0 unspecified atom stereocenters. The van der Waals surface area contributed by atoms with Crippen molar-refractivity contribution in [2.45, 2.75) is 26.3 Å². The summed E-state index contributed by atoms with van der Waals surface area (Å²) in [5, 5.41) is 0. The minimum atomic E-state index is -0.394. The van der Waals surface area contributed by atoms with Gasteiger partial charge in [0.1, 0.15) is 0 Å². The summed E-state index contributed by atoms with van der Waals surface area (Å²) < 4.78 is 4.48. The normalized spacial score (nSPS) is 16.7. The van der Waals surface area contributed by atoms with E-state index < -0.39 is 5.69 Å². The maximum atomic E-state index is 13.1. The number of aryl methyl sites for hydroxylation is 2. The van der Waals surface area contributed by atoms with Crippen molar-refractivity contribution in [1.82, 2.24) is 23.6 Å². The Morgan fingerprint density at radius 1 is 1.06 bits per heavy atom. The van der Waals surface area contributed by atoms with Crippen molar-refractivity contribution in [3.63, 3.8) is 0 Å². The van der Waals surface area contributed by atoms with Gasteiger partial charge >= 0.3 is 5.69 Å². The Bertz CT molecular complexity index is 1320. The lowest BCUT2D eigenvalue weighted by Gasteiger charge is -2.35. The fraction of sp³-hybridized carbons (Fsp3) is 0.478. The van der Waals surface area contributed by atoms with Crippen LogP contribution < -0.4 is 16.1 Å². The first-order valence-electron chi connectivity index (χ1n) is 11.1. The SMILES string of the molecule is Cc1cccc(Cn2c(N3CCN(C(=O)C4CC4)CC3)nc3c2c(=O)n(C)c(=O)n3C)c1. The summed E-state index contributed by atoms with van der Waals surface area (Å²) in [6.07, 6.45) is 2.01. The molecule has 0 radical (unpaired) electrons. The van der Waals surface area contributed by atoms with E-state index in [0.717, 1.165) is 28.5 Å². The predicted molar refractivity (Wildman–Crippen MR) is 122 cm³/mol. The van der Waals surface area contributed by atoms with E-state index in [1.807, 2.05) is 34.6 Å². The van der Waals surface area contributed by atoms with Crippen LogP contribution in [0.5, 0.6) is 0 Å². The van der Waals surface area contributed by atoms with Crippen molar-refractivity contribution in [1.29, 1.82) is 0 Å². The number of carbonyl (C=O) groups is 1. The summed E-state index contributed by atoms with van der Waals surface area (Å²) in [6, 6.07) is 8.16. The third-order valence-corrected chi connectivity index (χ3v) is 6.55. The molecule has 3 aromatic rings. The van der Waals surface area contributed by atoms with Crippen LogP contribution in [0.3, 0.4) is 0 Å². The summed E-state index contributed by atoms with van der Waals surface area (Å²) in [5.74, 6) is 1.14. The van der Waals surface area contributed by atoms with Gasteiger partial charge in [0, 0.05) is 46.2 Å². The van der Waals surface area contributed by atoms with Crippen LogP contribution in [-0.4, -0.2) is 55.7 Å². The number of anilines is 1. The number of hydrogen-bond donors (Lipinski definition) is 0. The largest absolute Gasteiger partial charge is 0.339 e. The van der Waals surface area contributed by atoms with E-state index in [0.29, 0.717) is 49.8 Å². The Labute approximate surface area is 185 Å². The van der Waals surface area contributed by atoms with Crippen LogP contribution in [0.25, 0.3) is 11.2 Å². The lowest BCUT2D eigenvalue weighted by atomic mass is 10.1. The Kier molecular flexibility index (Phi) is 4.91. The molecule has 5 rings (SSSR count). The Hall–Kier alpha value is -3.36. The fourth-order valence-electron chi connectivity index (χ4n) is 4.53. The Morgan fingerprint density at radius 3 is 2.44 bits per heavy atom. The van der Waals surface area contributed by atoms with Crippen LogP contribution in [0, 0.1) is 12.8 Å². The van der Waals surface area contributed by atoms with Crippen LogP contribution in [0.15, 0.2) is 33.9 Å². The first kappa shape index (κ1) is 20.5. The number of aromatic nitrogens is 4. The van der Waals surface area contributed by atoms with Crippen molar-refractivity contribution in [2.75, 3.05) is 31.1 Å². The molecule has 1 saturated heterocycles. The van der Waals surface area contributed by atoms with Crippen molar-refractivity contribution in [3.8, 4) is 0 Å². The number of rotatable bonds is 4. The summed E-state index contributed by atoms with van der Waals surface area (Å²) in [6.45, 7) is 5.07. The van der Waals surface area contributed by atoms with E-state index >= 15 is 0 Å². The van der Waals surface area contributed by atoms with Gasteiger partial charge in [-0.25, -0.2) is 4.79 Å². The molecule has 2 fully saturated rings. The van der Waals surface area contributed by atoms with Crippen LogP contribution in [0.1, 0.15) is 24.0 Å². The molecule has 2 aliphatic rings. The van der Waals surface area contributed by atoms with Crippen molar-refractivity contribution < 1.29 is 4.79 Å². The molecule has 1 aliphatic carbocycles. The number of carbonyl (C=O) groups excluding carboxylic acids is 1. The Morgan fingerprint density at radius 2 is 1.78 bits per heavy atom. The maximum Gasteiger partial charge on any atom is 0.332 e. The van der Waals surface area contributed by atoms with Gasteiger partial charge < -0.3 is 9.80 Å². The highest BCUT2D eigenvalue weighted by molar-refractivity contribution is 5.81. The van der Waals surface area contributed by atoms with E-state index in [1.54, 1.807) is 7.05 Å². The number of amides is 1. The predicted octanol–water partition coefficient (Wildman–Crippen LogP) is 0.849. The standard InChI is InChI=1S/C23H28N6O3/c1-15-5-4-6-16(13-15)14-29-18-19(25(2)23(32)26(3)21(18)31)24-22(29)28-11-9-27(10-12-28)20(30)17-7-8-17/h4-6,13,17H,7-12,14H2,1-3H3. The number of imidazole rings is 1. The highest BCUT2D eigenvalue weighted by Crippen LogP contribution is 2.31. The van der Waals surface area contributed by atoms with Crippen LogP contribution in [-0.2, 0) is 25.4 Å². The maximum absolute atomic E-state index is 13.1. The minimum absolute atomic E-state index is 0.213. The minimum Gasteiger partial charge on any atom is -0.339 e. The second-order valence-corrected chi connectivity index (χ2v) is 8.95. The molecule has 0 atom stereocenters. The van der Waals surface area contributed by atoms with Crippen LogP contribution in [0.2, 0.25) is 0 Å². The third-order valence-electron chi connectivity index (χ3n) is 6.55. The molecule has 3 heterocycles. The molecular formula is C23H28N6O3. The second kappa shape index (κ2) is 7.65. The molecule has 0 N–H and O–H groups in total. The van der Waals surface area contributed by atoms with Crippen LogP contribution in [0.4, 0.5) is 5.95 Å². The lowest BCUT2D eigenvalue weighted by molar-refractivity contribution is -0.132. The molecular weight excluding hydrogens is 408 g/mol. The summed E-state index contributed by atoms with van der Waals surface area (Å²) in [7, 11) is 3.14. The van der Waals surface area contributed by atoms with Crippen molar-refractivity contribution in [2.24, 2.45) is 20.0 Å². The van der Waals surface area contributed by atoms with Gasteiger partial charge in [0.05, 0.1) is 6.54 Å². The average Bonchev–Trinajstić information content (AvgIpc) is 3.57. The van der Waals surface area contributed by atoms with E-state index in [9.17, 15) is 14.4 Å². The highest BCUT2D eigenvalue weighted by atomic mass is 16.2. The van der Waals surface area contributed by atoms with Crippen LogP contribution >= 0.6 is 0 Å². The highest BCUT2D eigenvalue weighted by Gasteiger charge is 2.35. The number of hydrogen-bond acceptors (Lipinski definition) is 5. The van der Waals surface area contributed by atoms with E-state index in [1.165, 1.54) is 11.6 Å². The quantitative estimate of drug-likeness (QED) is 0.605. The van der Waals surface area contributed by atoms with E-state index in [4.69, 9.17) is 4.98 Å². The van der Waals surface area contributed by atoms with Gasteiger partial charge in [-0.3, -0.25) is 23.3 Å². The number of fused-ring (bicyclic) bond motifs is 1. The molecule has 1 aromatic carbocycles. The van der Waals surface area contributed by atoms with Gasteiger partial charge in [-0.2, -0.15) is 4.98 Å². The molecule has 0 spiro atoms. The molecule has 0 bridgehead atoms. The molecule has 2 aromatic heterocycles. The van der Waals surface area contributed by atoms with Gasteiger partial charge in [0.2, 0.25) is 11.9 Å². The molecule has 1 saturated carbocycles. The summed E-state index contributed by atoms with van der Waals surface area (Å²) in [5.41, 5.74) is 2.26. The van der Waals surface area contributed by atoms with Gasteiger partial charge in [-0.05, 0) is 25.3 Å². The second-order valence-electron chi connectivity index (χ2n) is 8.95. The first-order chi connectivity index (χ1) is 15.3. The monoisotopic (exact) mass is 436 g/mol. The zero-order valence-electron chi connectivity index (χ0n) is 18.7. The molecule has 1 amide bonds. The lowest BCUT2D eigenvalue weighted by Crippen LogP contribution is -2.50. The van der Waals surface area contributed by atoms with E-state index in [-0.39, 0.29) is 17.4 Å². The Balaban J connectivity index is 1.57. The number of benzene rings is 1. The zero-order chi connectivity index (χ0) is 22.6. The van der Waals surface area contributed by atoms with E-state index in [2.05, 4.69) is 11.0 Å². The van der Waals surface area contributed by atoms with Crippen molar-refractivity contribution in [3.05, 3.63) is 56.2 Å². The average molecular weight is 437 g/mol. The van der Waals surface area contributed by atoms with Crippen molar-refractivity contribution >= 4 is 23.0 Å². The summed E-state index contributed by atoms with van der Waals surface area (Å²) >= 11 is 0. The number of piperazine rings is 1. The summed E-state index contributed by atoms with van der Waals surface area (Å²) in [4.78, 5) is 46.9.